The molecule has 1 atom stereocenters. The highest BCUT2D eigenvalue weighted by Crippen LogP contribution is 2.21. The summed E-state index contributed by atoms with van der Waals surface area (Å²) in [6, 6.07) is 18.8. The molecule has 0 amide bonds. The lowest BCUT2D eigenvalue weighted by Crippen LogP contribution is -2.27. The molecule has 18 heavy (non-hydrogen) atoms. The molecule has 3 nitrogen and oxygen atoms in total. The number of carboxylic acid groups (broad SMARTS) is 1. The maximum absolute atomic E-state index is 10.8. The summed E-state index contributed by atoms with van der Waals surface area (Å²) in [5.41, 5.74) is 1.83. The summed E-state index contributed by atoms with van der Waals surface area (Å²) >= 11 is 0. The van der Waals surface area contributed by atoms with E-state index in [0.29, 0.717) is 0 Å². The van der Waals surface area contributed by atoms with E-state index in [9.17, 15) is 9.90 Å². The van der Waals surface area contributed by atoms with E-state index in [4.69, 9.17) is 0 Å². The first kappa shape index (κ1) is 12.2. The molecular weight excluding hydrogens is 226 g/mol. The largest absolute Gasteiger partial charge is 0.550 e. The lowest BCUT2D eigenvalue weighted by Gasteiger charge is -2.20. The molecule has 3 heteroatoms. The van der Waals surface area contributed by atoms with Gasteiger partial charge in [0, 0.05) is 18.1 Å². The van der Waals surface area contributed by atoms with Crippen LogP contribution in [0, 0.1) is 0 Å². The van der Waals surface area contributed by atoms with Crippen LogP contribution in [0.3, 0.4) is 0 Å². The molecule has 0 fully saturated rings. The zero-order chi connectivity index (χ0) is 12.8. The molecular formula is C15H14NO2-. The van der Waals surface area contributed by atoms with E-state index in [0.717, 1.165) is 11.3 Å². The second-order valence-electron chi connectivity index (χ2n) is 4.05. The van der Waals surface area contributed by atoms with Gasteiger partial charge >= 0.3 is 0 Å². The minimum Gasteiger partial charge on any atom is -0.550 e. The maximum Gasteiger partial charge on any atom is 0.0565 e. The molecule has 2 aromatic rings. The SMILES string of the molecule is O=C([O-])CC(Nc1ccccc1)c1ccccc1. The zero-order valence-electron chi connectivity index (χ0n) is 9.87. The lowest BCUT2D eigenvalue weighted by molar-refractivity contribution is -0.306. The monoisotopic (exact) mass is 240 g/mol. The van der Waals surface area contributed by atoms with E-state index in [1.54, 1.807) is 0 Å². The Balaban J connectivity index is 2.18. The normalized spacial score (nSPS) is 11.8. The van der Waals surface area contributed by atoms with Crippen molar-refractivity contribution in [2.24, 2.45) is 0 Å². The number of hydrogen-bond acceptors (Lipinski definition) is 3. The molecule has 0 aliphatic heterocycles. The standard InChI is InChI=1S/C15H15NO2/c17-15(18)11-14(12-7-3-1-4-8-12)16-13-9-5-2-6-10-13/h1-10,14,16H,11H2,(H,17,18)/p-1. The maximum atomic E-state index is 10.8. The predicted molar refractivity (Wildman–Crippen MR) is 68.9 cm³/mol. The Morgan fingerprint density at radius 1 is 1.00 bits per heavy atom. The third-order valence-electron chi connectivity index (χ3n) is 2.69. The smallest absolute Gasteiger partial charge is 0.0565 e. The average molecular weight is 240 g/mol. The van der Waals surface area contributed by atoms with E-state index in [1.807, 2.05) is 60.7 Å². The number of aliphatic carboxylic acids is 1. The molecule has 0 aliphatic rings. The van der Waals surface area contributed by atoms with Gasteiger partial charge in [-0.2, -0.15) is 0 Å². The first-order valence-corrected chi connectivity index (χ1v) is 5.82. The van der Waals surface area contributed by atoms with Crippen LogP contribution in [0.4, 0.5) is 5.69 Å². The van der Waals surface area contributed by atoms with Crippen LogP contribution in [0.15, 0.2) is 60.7 Å². The van der Waals surface area contributed by atoms with Crippen molar-refractivity contribution in [1.82, 2.24) is 0 Å². The van der Waals surface area contributed by atoms with E-state index in [-0.39, 0.29) is 12.5 Å². The van der Waals surface area contributed by atoms with Crippen LogP contribution in [0.2, 0.25) is 0 Å². The molecule has 0 bridgehead atoms. The second-order valence-corrected chi connectivity index (χ2v) is 4.05. The van der Waals surface area contributed by atoms with Crippen LogP contribution in [0.1, 0.15) is 18.0 Å². The van der Waals surface area contributed by atoms with Gasteiger partial charge in [-0.15, -0.1) is 0 Å². The summed E-state index contributed by atoms with van der Waals surface area (Å²) in [5.74, 6) is -1.06. The molecule has 1 unspecified atom stereocenters. The van der Waals surface area contributed by atoms with Crippen LogP contribution >= 0.6 is 0 Å². The fraction of sp³-hybridized carbons (Fsp3) is 0.133. The Kier molecular flexibility index (Phi) is 3.97. The fourth-order valence-electron chi connectivity index (χ4n) is 1.84. The van der Waals surface area contributed by atoms with E-state index >= 15 is 0 Å². The lowest BCUT2D eigenvalue weighted by atomic mass is 10.0. The molecule has 0 aliphatic carbocycles. The number of hydrogen-bond donors (Lipinski definition) is 1. The van der Waals surface area contributed by atoms with Crippen molar-refractivity contribution in [3.63, 3.8) is 0 Å². The zero-order valence-corrected chi connectivity index (χ0v) is 9.87. The summed E-state index contributed by atoms with van der Waals surface area (Å²) < 4.78 is 0. The average Bonchev–Trinajstić information content (AvgIpc) is 2.40. The summed E-state index contributed by atoms with van der Waals surface area (Å²) in [6.45, 7) is 0. The van der Waals surface area contributed by atoms with Gasteiger partial charge in [0.25, 0.3) is 0 Å². The van der Waals surface area contributed by atoms with Gasteiger partial charge in [-0.05, 0) is 17.7 Å². The van der Waals surface area contributed by atoms with Crippen molar-refractivity contribution in [3.8, 4) is 0 Å². The quantitative estimate of drug-likeness (QED) is 0.869. The first-order valence-electron chi connectivity index (χ1n) is 5.82. The number of benzene rings is 2. The minimum atomic E-state index is -1.06. The molecule has 0 heterocycles. The third-order valence-corrected chi connectivity index (χ3v) is 2.69. The Morgan fingerprint density at radius 3 is 2.11 bits per heavy atom. The van der Waals surface area contributed by atoms with Gasteiger partial charge in [0.05, 0.1) is 6.04 Å². The molecule has 92 valence electrons. The van der Waals surface area contributed by atoms with Crippen molar-refractivity contribution in [2.75, 3.05) is 5.32 Å². The number of carbonyl (C=O) groups is 1. The van der Waals surface area contributed by atoms with Crippen molar-refractivity contribution >= 4 is 11.7 Å². The number of para-hydroxylation sites is 1. The topological polar surface area (TPSA) is 52.2 Å². The van der Waals surface area contributed by atoms with Crippen LogP contribution in [-0.2, 0) is 4.79 Å². The summed E-state index contributed by atoms with van der Waals surface area (Å²) in [4.78, 5) is 10.8. The molecule has 2 aromatic carbocycles. The molecule has 2 rings (SSSR count). The predicted octanol–water partition coefficient (Wildman–Crippen LogP) is 1.98. The van der Waals surface area contributed by atoms with Crippen molar-refractivity contribution in [3.05, 3.63) is 66.2 Å². The summed E-state index contributed by atoms with van der Waals surface area (Å²) in [7, 11) is 0. The molecule has 0 saturated heterocycles. The number of rotatable bonds is 5. The highest BCUT2D eigenvalue weighted by atomic mass is 16.4. The van der Waals surface area contributed by atoms with Gasteiger partial charge < -0.3 is 15.2 Å². The highest BCUT2D eigenvalue weighted by Gasteiger charge is 2.11. The second kappa shape index (κ2) is 5.87. The Bertz CT molecular complexity index is 496. The van der Waals surface area contributed by atoms with Gasteiger partial charge in [-0.3, -0.25) is 0 Å². The molecule has 0 aromatic heterocycles. The van der Waals surface area contributed by atoms with E-state index < -0.39 is 5.97 Å². The third kappa shape index (κ3) is 3.35. The minimum absolute atomic E-state index is 0.0566. The van der Waals surface area contributed by atoms with Crippen molar-refractivity contribution in [2.45, 2.75) is 12.5 Å². The van der Waals surface area contributed by atoms with Crippen LogP contribution in [0.25, 0.3) is 0 Å². The number of carbonyl (C=O) groups excluding carboxylic acids is 1. The van der Waals surface area contributed by atoms with Crippen LogP contribution < -0.4 is 10.4 Å². The molecule has 1 N–H and O–H groups in total. The number of anilines is 1. The van der Waals surface area contributed by atoms with E-state index in [1.165, 1.54) is 0 Å². The van der Waals surface area contributed by atoms with Gasteiger partial charge in [0.15, 0.2) is 0 Å². The first-order chi connectivity index (χ1) is 8.75. The van der Waals surface area contributed by atoms with Gasteiger partial charge in [-0.1, -0.05) is 48.5 Å². The summed E-state index contributed by atoms with van der Waals surface area (Å²) in [5, 5.41) is 14.0. The number of carboxylic acids is 1. The van der Waals surface area contributed by atoms with Crippen LogP contribution in [0.5, 0.6) is 0 Å². The Hall–Kier alpha value is -2.29. The number of nitrogens with one attached hydrogen (secondary N) is 1. The Labute approximate surface area is 106 Å². The van der Waals surface area contributed by atoms with Gasteiger partial charge in [0.2, 0.25) is 0 Å². The van der Waals surface area contributed by atoms with Gasteiger partial charge in [0.1, 0.15) is 0 Å². The van der Waals surface area contributed by atoms with E-state index in [2.05, 4.69) is 5.32 Å². The molecule has 0 saturated carbocycles. The molecule has 0 radical (unpaired) electrons. The van der Waals surface area contributed by atoms with Crippen molar-refractivity contribution < 1.29 is 9.90 Å². The summed E-state index contributed by atoms with van der Waals surface area (Å²) in [6.07, 6.45) is -0.0566. The van der Waals surface area contributed by atoms with Crippen LogP contribution in [-0.4, -0.2) is 5.97 Å². The Morgan fingerprint density at radius 2 is 1.56 bits per heavy atom. The highest BCUT2D eigenvalue weighted by molar-refractivity contribution is 5.66. The molecule has 0 spiro atoms. The fourth-order valence-corrected chi connectivity index (χ4v) is 1.84. The van der Waals surface area contributed by atoms with Gasteiger partial charge in [-0.25, -0.2) is 0 Å². The van der Waals surface area contributed by atoms with Crippen molar-refractivity contribution in [1.29, 1.82) is 0 Å².